The molecule has 4 rings (SSSR count). The van der Waals surface area contributed by atoms with Gasteiger partial charge >= 0.3 is 0 Å². The molecule has 0 aliphatic carbocycles. The van der Waals surface area contributed by atoms with E-state index >= 15 is 0 Å². The molecule has 1 aliphatic heterocycles. The van der Waals surface area contributed by atoms with Gasteiger partial charge in [0.15, 0.2) is 11.5 Å². The molecule has 37 heavy (non-hydrogen) atoms. The Morgan fingerprint density at radius 2 is 1.51 bits per heavy atom. The summed E-state index contributed by atoms with van der Waals surface area (Å²) in [6.07, 6.45) is 1.85. The van der Waals surface area contributed by atoms with Crippen LogP contribution in [-0.4, -0.2) is 71.5 Å². The Labute approximate surface area is 218 Å². The van der Waals surface area contributed by atoms with Crippen molar-refractivity contribution in [1.29, 1.82) is 0 Å². The molecule has 1 heterocycles. The molecule has 3 aromatic rings. The molecule has 0 spiro atoms. The highest BCUT2D eigenvalue weighted by molar-refractivity contribution is 6.24. The molecule has 194 valence electrons. The Hall–Kier alpha value is -3.81. The van der Waals surface area contributed by atoms with Crippen LogP contribution in [0.1, 0.15) is 11.1 Å². The van der Waals surface area contributed by atoms with Crippen LogP contribution in [-0.2, 0) is 9.53 Å². The quantitative estimate of drug-likeness (QED) is 0.328. The second-order valence-corrected chi connectivity index (χ2v) is 8.67. The lowest BCUT2D eigenvalue weighted by molar-refractivity contribution is -0.115. The first-order valence-electron chi connectivity index (χ1n) is 12.4. The van der Waals surface area contributed by atoms with E-state index in [1.807, 2.05) is 60.7 Å². The lowest BCUT2D eigenvalue weighted by Gasteiger charge is -2.26. The van der Waals surface area contributed by atoms with Crippen molar-refractivity contribution in [2.45, 2.75) is 0 Å². The zero-order chi connectivity index (χ0) is 26.0. The fourth-order valence-electron chi connectivity index (χ4n) is 4.35. The normalized spacial score (nSPS) is 14.2. The van der Waals surface area contributed by atoms with E-state index in [2.05, 4.69) is 22.3 Å². The van der Waals surface area contributed by atoms with Gasteiger partial charge in [0, 0.05) is 31.8 Å². The number of nitrogens with zero attached hydrogens (tertiary/aromatic N) is 1. The molecule has 0 atom stereocenters. The van der Waals surface area contributed by atoms with Crippen LogP contribution in [0.15, 0.2) is 66.7 Å². The summed E-state index contributed by atoms with van der Waals surface area (Å²) < 4.78 is 21.9. The molecule has 1 amide bonds. The van der Waals surface area contributed by atoms with E-state index in [1.165, 1.54) is 0 Å². The number of hydrogen-bond donors (Lipinski definition) is 1. The number of morpholine rings is 1. The highest BCUT2D eigenvalue weighted by Gasteiger charge is 2.17. The lowest BCUT2D eigenvalue weighted by atomic mass is 9.98. The number of nitrogens with one attached hydrogen (secondary N) is 1. The van der Waals surface area contributed by atoms with Crippen LogP contribution >= 0.6 is 0 Å². The minimum atomic E-state index is -0.144. The Bertz CT molecular complexity index is 1180. The Kier molecular flexibility index (Phi) is 9.18. The monoisotopic (exact) mass is 502 g/mol. The average molecular weight is 503 g/mol. The Morgan fingerprint density at radius 3 is 2.11 bits per heavy atom. The van der Waals surface area contributed by atoms with E-state index in [0.29, 0.717) is 29.4 Å². The summed E-state index contributed by atoms with van der Waals surface area (Å²) in [5, 5.41) is 3.10. The van der Waals surface area contributed by atoms with Gasteiger partial charge in [0.25, 0.3) is 5.91 Å². The van der Waals surface area contributed by atoms with E-state index in [-0.39, 0.29) is 5.91 Å². The third kappa shape index (κ3) is 6.70. The van der Waals surface area contributed by atoms with Crippen LogP contribution in [0, 0.1) is 0 Å². The lowest BCUT2D eigenvalue weighted by Crippen LogP contribution is -2.41. The van der Waals surface area contributed by atoms with Gasteiger partial charge in [0.2, 0.25) is 5.75 Å². The SMILES string of the molecule is COc1cc(C=C(C(=O)NCCN2CCOCC2)c2ccc(-c3ccccc3)cc2)cc(OC)c1OC. The van der Waals surface area contributed by atoms with Crippen molar-refractivity contribution in [2.75, 3.05) is 60.7 Å². The zero-order valence-electron chi connectivity index (χ0n) is 21.7. The largest absolute Gasteiger partial charge is 0.493 e. The predicted octanol–water partition coefficient (Wildman–Crippen LogP) is 4.37. The molecule has 0 bridgehead atoms. The van der Waals surface area contributed by atoms with Crippen LogP contribution in [0.3, 0.4) is 0 Å². The summed E-state index contributed by atoms with van der Waals surface area (Å²) in [7, 11) is 4.72. The molecule has 0 unspecified atom stereocenters. The van der Waals surface area contributed by atoms with Gasteiger partial charge in [-0.05, 0) is 40.5 Å². The van der Waals surface area contributed by atoms with Gasteiger partial charge in [0.05, 0.1) is 34.5 Å². The van der Waals surface area contributed by atoms with Crippen LogP contribution in [0.4, 0.5) is 0 Å². The van der Waals surface area contributed by atoms with Gasteiger partial charge < -0.3 is 24.3 Å². The maximum Gasteiger partial charge on any atom is 0.251 e. The summed E-state index contributed by atoms with van der Waals surface area (Å²) in [5.74, 6) is 1.42. The van der Waals surface area contributed by atoms with E-state index in [1.54, 1.807) is 21.3 Å². The summed E-state index contributed by atoms with van der Waals surface area (Å²) in [6, 6.07) is 21.9. The first kappa shape index (κ1) is 26.3. The van der Waals surface area contributed by atoms with E-state index in [9.17, 15) is 4.79 Å². The number of rotatable bonds is 10. The van der Waals surface area contributed by atoms with Gasteiger partial charge in [-0.15, -0.1) is 0 Å². The number of carbonyl (C=O) groups is 1. The molecule has 0 aromatic heterocycles. The minimum Gasteiger partial charge on any atom is -0.493 e. The second kappa shape index (κ2) is 12.9. The highest BCUT2D eigenvalue weighted by Crippen LogP contribution is 2.39. The van der Waals surface area contributed by atoms with Crippen molar-refractivity contribution in [3.05, 3.63) is 77.9 Å². The van der Waals surface area contributed by atoms with Crippen LogP contribution in [0.25, 0.3) is 22.8 Å². The van der Waals surface area contributed by atoms with Crippen molar-refractivity contribution in [3.8, 4) is 28.4 Å². The molecular formula is C30H34N2O5. The van der Waals surface area contributed by atoms with Crippen molar-refractivity contribution in [1.82, 2.24) is 10.2 Å². The van der Waals surface area contributed by atoms with Gasteiger partial charge in [-0.3, -0.25) is 9.69 Å². The Balaban J connectivity index is 1.64. The second-order valence-electron chi connectivity index (χ2n) is 8.67. The van der Waals surface area contributed by atoms with Crippen LogP contribution in [0.5, 0.6) is 17.2 Å². The minimum absolute atomic E-state index is 0.144. The van der Waals surface area contributed by atoms with Gasteiger partial charge in [-0.1, -0.05) is 54.6 Å². The maximum absolute atomic E-state index is 13.5. The van der Waals surface area contributed by atoms with E-state index in [0.717, 1.165) is 55.1 Å². The molecule has 1 saturated heterocycles. The van der Waals surface area contributed by atoms with Crippen molar-refractivity contribution in [3.63, 3.8) is 0 Å². The molecule has 7 heteroatoms. The van der Waals surface area contributed by atoms with E-state index < -0.39 is 0 Å². The molecule has 1 fully saturated rings. The van der Waals surface area contributed by atoms with Crippen molar-refractivity contribution >= 4 is 17.6 Å². The molecule has 3 aromatic carbocycles. The average Bonchev–Trinajstić information content (AvgIpc) is 2.96. The number of amides is 1. The number of ether oxygens (including phenoxy) is 4. The third-order valence-electron chi connectivity index (χ3n) is 6.36. The van der Waals surface area contributed by atoms with Crippen LogP contribution < -0.4 is 19.5 Å². The summed E-state index contributed by atoms with van der Waals surface area (Å²) in [6.45, 7) is 4.55. The third-order valence-corrected chi connectivity index (χ3v) is 6.36. The Morgan fingerprint density at radius 1 is 0.892 bits per heavy atom. The molecule has 0 radical (unpaired) electrons. The topological polar surface area (TPSA) is 69.3 Å². The summed E-state index contributed by atoms with van der Waals surface area (Å²) in [4.78, 5) is 15.8. The molecule has 1 N–H and O–H groups in total. The maximum atomic E-state index is 13.5. The highest BCUT2D eigenvalue weighted by atomic mass is 16.5. The van der Waals surface area contributed by atoms with Gasteiger partial charge in [-0.25, -0.2) is 0 Å². The van der Waals surface area contributed by atoms with Crippen LogP contribution in [0.2, 0.25) is 0 Å². The molecular weight excluding hydrogens is 468 g/mol. The number of methoxy groups -OCH3 is 3. The van der Waals surface area contributed by atoms with E-state index in [4.69, 9.17) is 18.9 Å². The molecule has 1 aliphatic rings. The van der Waals surface area contributed by atoms with Crippen molar-refractivity contribution < 1.29 is 23.7 Å². The number of benzene rings is 3. The smallest absolute Gasteiger partial charge is 0.251 e. The first-order chi connectivity index (χ1) is 18.1. The standard InChI is InChI=1S/C30H34N2O5/c1-34-27-20-22(21-28(35-2)29(27)36-3)19-26(30(33)31-13-14-32-15-17-37-18-16-32)25-11-9-24(10-12-25)23-7-5-4-6-8-23/h4-12,19-21H,13-18H2,1-3H3,(H,31,33). The van der Waals surface area contributed by atoms with Gasteiger partial charge in [0.1, 0.15) is 0 Å². The predicted molar refractivity (Wildman–Crippen MR) is 146 cm³/mol. The first-order valence-corrected chi connectivity index (χ1v) is 12.4. The number of carbonyl (C=O) groups excluding carboxylic acids is 1. The summed E-state index contributed by atoms with van der Waals surface area (Å²) >= 11 is 0. The fourth-order valence-corrected chi connectivity index (χ4v) is 4.35. The fraction of sp³-hybridized carbons (Fsp3) is 0.300. The van der Waals surface area contributed by atoms with Crippen molar-refractivity contribution in [2.24, 2.45) is 0 Å². The zero-order valence-corrected chi connectivity index (χ0v) is 21.7. The summed E-state index contributed by atoms with van der Waals surface area (Å²) in [5.41, 5.74) is 4.34. The molecule has 0 saturated carbocycles. The van der Waals surface area contributed by atoms with Gasteiger partial charge in [-0.2, -0.15) is 0 Å². The number of hydrogen-bond acceptors (Lipinski definition) is 6. The molecule has 7 nitrogen and oxygen atoms in total.